The van der Waals surface area contributed by atoms with E-state index in [0.29, 0.717) is 0 Å². The van der Waals surface area contributed by atoms with Crippen molar-refractivity contribution in [1.82, 2.24) is 4.90 Å². The first-order chi connectivity index (χ1) is 13.7. The van der Waals surface area contributed by atoms with Gasteiger partial charge >= 0.3 is 17.9 Å². The van der Waals surface area contributed by atoms with Gasteiger partial charge in [-0.3, -0.25) is 24.1 Å². The first-order valence-corrected chi connectivity index (χ1v) is 9.56. The van der Waals surface area contributed by atoms with Crippen LogP contribution in [0.1, 0.15) is 37.0 Å². The van der Waals surface area contributed by atoms with Crippen LogP contribution in [0, 0.1) is 0 Å². The molecule has 160 valence electrons. The van der Waals surface area contributed by atoms with Gasteiger partial charge in [0.25, 0.3) is 0 Å². The van der Waals surface area contributed by atoms with Crippen LogP contribution >= 0.6 is 24.2 Å². The number of hydrogen-bond acceptors (Lipinski definition) is 8. The van der Waals surface area contributed by atoms with Crippen LogP contribution in [0.4, 0.5) is 0 Å². The molecule has 9 nitrogen and oxygen atoms in total. The molecule has 1 aromatic rings. The SMILES string of the molecule is CC(=O)Oc1ccc(C(=O)CC2C=C(C(=O)O)N3C(=O)C[C@H]3S2)cc1OC(C)=O.Cl. The summed E-state index contributed by atoms with van der Waals surface area (Å²) in [5, 5.41) is 8.61. The number of aliphatic carboxylic acids is 1. The Bertz CT molecular complexity index is 960. The molecule has 0 radical (unpaired) electrons. The van der Waals surface area contributed by atoms with E-state index in [1.54, 1.807) is 0 Å². The largest absolute Gasteiger partial charge is 0.477 e. The van der Waals surface area contributed by atoms with E-state index >= 15 is 0 Å². The van der Waals surface area contributed by atoms with Crippen molar-refractivity contribution in [1.29, 1.82) is 0 Å². The van der Waals surface area contributed by atoms with Crippen LogP contribution in [-0.4, -0.2) is 50.2 Å². The number of fused-ring (bicyclic) bond motifs is 1. The second-order valence-electron chi connectivity index (χ2n) is 6.43. The summed E-state index contributed by atoms with van der Waals surface area (Å²) in [4.78, 5) is 59.5. The summed E-state index contributed by atoms with van der Waals surface area (Å²) in [5.41, 5.74) is 0.101. The van der Waals surface area contributed by atoms with Crippen molar-refractivity contribution in [2.24, 2.45) is 0 Å². The van der Waals surface area contributed by atoms with Crippen LogP contribution in [0.2, 0.25) is 0 Å². The van der Waals surface area contributed by atoms with Gasteiger partial charge in [0.15, 0.2) is 17.3 Å². The molecule has 30 heavy (non-hydrogen) atoms. The third kappa shape index (κ3) is 5.00. The number of carbonyl (C=O) groups excluding carboxylic acids is 4. The van der Waals surface area contributed by atoms with Crippen molar-refractivity contribution in [2.75, 3.05) is 0 Å². The number of carboxylic acids is 1. The number of carboxylic acid groups (broad SMARTS) is 1. The van der Waals surface area contributed by atoms with Gasteiger partial charge in [0, 0.05) is 31.1 Å². The number of halogens is 1. The van der Waals surface area contributed by atoms with Crippen molar-refractivity contribution < 1.29 is 38.6 Å². The lowest BCUT2D eigenvalue weighted by molar-refractivity contribution is -0.146. The smallest absolute Gasteiger partial charge is 0.352 e. The lowest BCUT2D eigenvalue weighted by Gasteiger charge is -2.44. The zero-order valence-corrected chi connectivity index (χ0v) is 17.6. The summed E-state index contributed by atoms with van der Waals surface area (Å²) in [5.74, 6) is -3.10. The molecule has 1 N–H and O–H groups in total. The van der Waals surface area contributed by atoms with Gasteiger partial charge in [0.05, 0.1) is 11.8 Å². The van der Waals surface area contributed by atoms with Crippen LogP contribution in [-0.2, 0) is 19.2 Å². The molecule has 0 aromatic heterocycles. The zero-order chi connectivity index (χ0) is 21.3. The molecule has 1 aromatic carbocycles. The summed E-state index contributed by atoms with van der Waals surface area (Å²) >= 11 is 1.35. The van der Waals surface area contributed by atoms with E-state index in [1.165, 1.54) is 54.8 Å². The third-order valence-electron chi connectivity index (χ3n) is 4.22. The number of carbonyl (C=O) groups is 5. The minimum absolute atomic E-state index is 0. The molecule has 2 atom stereocenters. The maximum atomic E-state index is 12.7. The lowest BCUT2D eigenvalue weighted by Crippen LogP contribution is -2.54. The highest BCUT2D eigenvalue weighted by Gasteiger charge is 2.45. The Morgan fingerprint density at radius 2 is 1.77 bits per heavy atom. The molecule has 1 unspecified atom stereocenters. The normalized spacial score (nSPS) is 19.5. The van der Waals surface area contributed by atoms with Crippen molar-refractivity contribution in [2.45, 2.75) is 37.3 Å². The van der Waals surface area contributed by atoms with Gasteiger partial charge in [-0.2, -0.15) is 0 Å². The number of ether oxygens (including phenoxy) is 2. The van der Waals surface area contributed by atoms with Gasteiger partial charge in [-0.05, 0) is 24.3 Å². The Balaban J connectivity index is 0.00000320. The number of ketones is 1. The Morgan fingerprint density at radius 3 is 2.33 bits per heavy atom. The molecule has 1 amide bonds. The van der Waals surface area contributed by atoms with Gasteiger partial charge in [-0.15, -0.1) is 24.2 Å². The molecule has 1 fully saturated rings. The van der Waals surface area contributed by atoms with E-state index < -0.39 is 23.2 Å². The Labute approximate surface area is 181 Å². The van der Waals surface area contributed by atoms with Gasteiger partial charge in [0.2, 0.25) is 5.91 Å². The number of hydrogen-bond donors (Lipinski definition) is 1. The zero-order valence-electron chi connectivity index (χ0n) is 15.9. The number of benzene rings is 1. The Hall–Kier alpha value is -2.85. The monoisotopic (exact) mass is 455 g/mol. The van der Waals surface area contributed by atoms with E-state index in [9.17, 15) is 29.1 Å². The number of rotatable bonds is 6. The lowest BCUT2D eigenvalue weighted by atomic mass is 10.0. The van der Waals surface area contributed by atoms with Crippen LogP contribution < -0.4 is 9.47 Å². The van der Waals surface area contributed by atoms with Gasteiger partial charge < -0.3 is 14.6 Å². The standard InChI is InChI=1S/C19H17NO8S.ClH/c1-9(21)27-15-4-3-11(5-16(15)28-10(2)22)14(23)7-12-6-13(19(25)26)20-17(24)8-18(20)29-12;/h3-6,12,18H,7-8H2,1-2H3,(H,25,26);1H/t12?,18-;/m1./s1. The predicted octanol–water partition coefficient (Wildman–Crippen LogP) is 2.17. The fraction of sp³-hybridized carbons (Fsp3) is 0.316. The fourth-order valence-corrected chi connectivity index (χ4v) is 4.47. The molecule has 0 bridgehead atoms. The van der Waals surface area contributed by atoms with Crippen LogP contribution in [0.25, 0.3) is 0 Å². The number of nitrogens with zero attached hydrogens (tertiary/aromatic N) is 1. The first kappa shape index (κ1) is 23.4. The summed E-state index contributed by atoms with van der Waals surface area (Å²) in [7, 11) is 0. The Kier molecular flexibility index (Phi) is 7.27. The molecule has 1 saturated heterocycles. The van der Waals surface area contributed by atoms with E-state index in [-0.39, 0.29) is 65.1 Å². The van der Waals surface area contributed by atoms with Crippen LogP contribution in [0.5, 0.6) is 11.5 Å². The number of amides is 1. The van der Waals surface area contributed by atoms with E-state index in [2.05, 4.69) is 0 Å². The molecule has 3 rings (SSSR count). The number of esters is 2. The second-order valence-corrected chi connectivity index (χ2v) is 7.85. The van der Waals surface area contributed by atoms with Crippen molar-refractivity contribution in [3.05, 3.63) is 35.5 Å². The topological polar surface area (TPSA) is 127 Å². The number of Topliss-reactive ketones (excluding diaryl/α,β-unsaturated/α-hetero) is 1. The fourth-order valence-electron chi connectivity index (χ4n) is 3.02. The van der Waals surface area contributed by atoms with Crippen LogP contribution in [0.15, 0.2) is 30.0 Å². The highest BCUT2D eigenvalue weighted by atomic mass is 35.5. The molecular formula is C19H18ClNO8S. The number of thioether (sulfide) groups is 1. The molecule has 0 spiro atoms. The van der Waals surface area contributed by atoms with Gasteiger partial charge in [-0.25, -0.2) is 4.79 Å². The first-order valence-electron chi connectivity index (χ1n) is 8.62. The van der Waals surface area contributed by atoms with Crippen molar-refractivity contribution in [3.63, 3.8) is 0 Å². The highest BCUT2D eigenvalue weighted by Crippen LogP contribution is 2.42. The van der Waals surface area contributed by atoms with E-state index in [1.807, 2.05) is 0 Å². The molecule has 2 aliphatic rings. The van der Waals surface area contributed by atoms with Crippen molar-refractivity contribution >= 4 is 53.8 Å². The minimum atomic E-state index is -1.22. The molecule has 11 heteroatoms. The molecular weight excluding hydrogens is 438 g/mol. The summed E-state index contributed by atoms with van der Waals surface area (Å²) < 4.78 is 9.99. The molecule has 2 heterocycles. The summed E-state index contributed by atoms with van der Waals surface area (Å²) in [6, 6.07) is 4.09. The minimum Gasteiger partial charge on any atom is -0.477 e. The average Bonchev–Trinajstić information content (AvgIpc) is 2.60. The summed E-state index contributed by atoms with van der Waals surface area (Å²) in [6.45, 7) is 2.37. The van der Waals surface area contributed by atoms with Crippen LogP contribution in [0.3, 0.4) is 0 Å². The maximum Gasteiger partial charge on any atom is 0.352 e. The Morgan fingerprint density at radius 1 is 1.13 bits per heavy atom. The predicted molar refractivity (Wildman–Crippen MR) is 108 cm³/mol. The van der Waals surface area contributed by atoms with E-state index in [4.69, 9.17) is 9.47 Å². The molecule has 0 aliphatic carbocycles. The second kappa shape index (κ2) is 9.31. The van der Waals surface area contributed by atoms with Crippen molar-refractivity contribution in [3.8, 4) is 11.5 Å². The highest BCUT2D eigenvalue weighted by molar-refractivity contribution is 8.00. The van der Waals surface area contributed by atoms with E-state index in [0.717, 1.165) is 0 Å². The quantitative estimate of drug-likeness (QED) is 0.297. The maximum absolute atomic E-state index is 12.7. The van der Waals surface area contributed by atoms with Gasteiger partial charge in [0.1, 0.15) is 5.70 Å². The average molecular weight is 456 g/mol. The third-order valence-corrected chi connectivity index (χ3v) is 5.56. The van der Waals surface area contributed by atoms with Gasteiger partial charge in [-0.1, -0.05) is 0 Å². The summed E-state index contributed by atoms with van der Waals surface area (Å²) in [6.07, 6.45) is 1.62. The molecule has 2 aliphatic heterocycles. The molecule has 0 saturated carbocycles. The number of β-lactam (4-membered cyclic amide) rings is 1.